The van der Waals surface area contributed by atoms with Crippen molar-refractivity contribution in [2.24, 2.45) is 0 Å². The van der Waals surface area contributed by atoms with Crippen LogP contribution in [0.4, 0.5) is 8.78 Å². The highest BCUT2D eigenvalue weighted by Crippen LogP contribution is 2.19. The van der Waals surface area contributed by atoms with Crippen LogP contribution < -0.4 is 4.74 Å². The van der Waals surface area contributed by atoms with Crippen molar-refractivity contribution in [2.75, 3.05) is 26.2 Å². The van der Waals surface area contributed by atoms with E-state index in [1.807, 2.05) is 0 Å². The normalized spacial score (nSPS) is 14.5. The third kappa shape index (κ3) is 5.92. The fraction of sp³-hybridized carbons (Fsp3) is 0.364. The predicted octanol–water partition coefficient (Wildman–Crippen LogP) is 4.25. The molecule has 160 valence electrons. The molecule has 1 aliphatic rings. The minimum atomic E-state index is -2.86. The SMILES string of the molecule is O=C(CCc1ccc(OC(F)F)cc1)N1CCCN(C(=O)c2ccccc2Cl)CC1. The molecule has 5 nitrogen and oxygen atoms in total. The molecule has 0 aromatic heterocycles. The summed E-state index contributed by atoms with van der Waals surface area (Å²) >= 11 is 6.14. The zero-order valence-electron chi connectivity index (χ0n) is 16.4. The van der Waals surface area contributed by atoms with E-state index in [0.29, 0.717) is 56.0 Å². The molecule has 0 aliphatic carbocycles. The third-order valence-corrected chi connectivity index (χ3v) is 5.35. The Hall–Kier alpha value is -2.67. The molecule has 2 aromatic rings. The lowest BCUT2D eigenvalue weighted by Gasteiger charge is -2.22. The number of ether oxygens (including phenoxy) is 1. The standard InChI is InChI=1S/C22H23ClF2N2O3/c23-19-5-2-1-4-18(19)21(29)27-13-3-12-26(14-15-27)20(28)11-8-16-6-9-17(10-7-16)30-22(24)25/h1-2,4-7,9-10,22H,3,8,11-15H2. The number of carbonyl (C=O) groups excluding carboxylic acids is 2. The van der Waals surface area contributed by atoms with Gasteiger partial charge in [0.25, 0.3) is 5.91 Å². The van der Waals surface area contributed by atoms with Crippen molar-refractivity contribution in [3.8, 4) is 5.75 Å². The van der Waals surface area contributed by atoms with Crippen LogP contribution in [0, 0.1) is 0 Å². The average molecular weight is 437 g/mol. The molecule has 2 aromatic carbocycles. The maximum atomic E-state index is 12.7. The van der Waals surface area contributed by atoms with Crippen molar-refractivity contribution in [3.63, 3.8) is 0 Å². The molecule has 0 spiro atoms. The number of rotatable bonds is 6. The number of benzene rings is 2. The molecule has 3 rings (SSSR count). The summed E-state index contributed by atoms with van der Waals surface area (Å²) in [5.74, 6) is -0.0215. The van der Waals surface area contributed by atoms with Gasteiger partial charge in [0.1, 0.15) is 5.75 Å². The van der Waals surface area contributed by atoms with E-state index in [1.54, 1.807) is 46.2 Å². The molecule has 1 heterocycles. The van der Waals surface area contributed by atoms with Crippen LogP contribution in [-0.4, -0.2) is 54.4 Å². The van der Waals surface area contributed by atoms with Crippen LogP contribution >= 0.6 is 11.6 Å². The highest BCUT2D eigenvalue weighted by atomic mass is 35.5. The lowest BCUT2D eigenvalue weighted by Crippen LogP contribution is -2.37. The molecule has 0 N–H and O–H groups in total. The largest absolute Gasteiger partial charge is 0.435 e. The Morgan fingerprint density at radius 2 is 1.63 bits per heavy atom. The number of carbonyl (C=O) groups is 2. The summed E-state index contributed by atoms with van der Waals surface area (Å²) in [6.07, 6.45) is 1.52. The number of alkyl halides is 2. The summed E-state index contributed by atoms with van der Waals surface area (Å²) < 4.78 is 28.7. The van der Waals surface area contributed by atoms with Crippen LogP contribution in [0.25, 0.3) is 0 Å². The van der Waals surface area contributed by atoms with E-state index < -0.39 is 6.61 Å². The van der Waals surface area contributed by atoms with E-state index in [-0.39, 0.29) is 17.6 Å². The summed E-state index contributed by atoms with van der Waals surface area (Å²) in [6, 6.07) is 13.2. The first kappa shape index (κ1) is 22.0. The van der Waals surface area contributed by atoms with Crippen molar-refractivity contribution in [3.05, 3.63) is 64.7 Å². The van der Waals surface area contributed by atoms with Crippen molar-refractivity contribution < 1.29 is 23.1 Å². The van der Waals surface area contributed by atoms with Gasteiger partial charge >= 0.3 is 6.61 Å². The number of aryl methyl sites for hydroxylation is 1. The van der Waals surface area contributed by atoms with Crippen LogP contribution in [-0.2, 0) is 11.2 Å². The molecule has 0 unspecified atom stereocenters. The van der Waals surface area contributed by atoms with Gasteiger partial charge in [0.15, 0.2) is 0 Å². The molecule has 1 saturated heterocycles. The molecule has 0 bridgehead atoms. The average Bonchev–Trinajstić information content (AvgIpc) is 2.99. The van der Waals surface area contributed by atoms with Gasteiger partial charge in [-0.15, -0.1) is 0 Å². The molecule has 1 fully saturated rings. The fourth-order valence-corrected chi connectivity index (χ4v) is 3.64. The lowest BCUT2D eigenvalue weighted by atomic mass is 10.1. The molecular weight excluding hydrogens is 414 g/mol. The van der Waals surface area contributed by atoms with Crippen LogP contribution in [0.2, 0.25) is 5.02 Å². The molecule has 0 saturated carbocycles. The monoisotopic (exact) mass is 436 g/mol. The Labute approximate surface area is 179 Å². The lowest BCUT2D eigenvalue weighted by molar-refractivity contribution is -0.131. The molecule has 30 heavy (non-hydrogen) atoms. The summed E-state index contributed by atoms with van der Waals surface area (Å²) in [4.78, 5) is 28.9. The quantitative estimate of drug-likeness (QED) is 0.680. The van der Waals surface area contributed by atoms with Gasteiger partial charge in [0.2, 0.25) is 5.91 Å². The van der Waals surface area contributed by atoms with Gasteiger partial charge in [0, 0.05) is 32.6 Å². The van der Waals surface area contributed by atoms with Crippen molar-refractivity contribution in [1.29, 1.82) is 0 Å². The number of hydrogen-bond donors (Lipinski definition) is 0. The highest BCUT2D eigenvalue weighted by molar-refractivity contribution is 6.33. The van der Waals surface area contributed by atoms with E-state index in [2.05, 4.69) is 4.74 Å². The molecular formula is C22H23ClF2N2O3. The number of hydrogen-bond acceptors (Lipinski definition) is 3. The maximum Gasteiger partial charge on any atom is 0.387 e. The van der Waals surface area contributed by atoms with Crippen molar-refractivity contribution >= 4 is 23.4 Å². The first-order valence-corrected chi connectivity index (χ1v) is 10.2. The first-order valence-electron chi connectivity index (χ1n) is 9.79. The van der Waals surface area contributed by atoms with Crippen LogP contribution in [0.15, 0.2) is 48.5 Å². The Kier molecular flexibility index (Phi) is 7.63. The Bertz CT molecular complexity index is 877. The van der Waals surface area contributed by atoms with E-state index in [4.69, 9.17) is 11.6 Å². The highest BCUT2D eigenvalue weighted by Gasteiger charge is 2.23. The first-order chi connectivity index (χ1) is 14.4. The van der Waals surface area contributed by atoms with E-state index in [0.717, 1.165) is 5.56 Å². The minimum Gasteiger partial charge on any atom is -0.435 e. The minimum absolute atomic E-state index is 0.00921. The second-order valence-corrected chi connectivity index (χ2v) is 7.44. The van der Waals surface area contributed by atoms with Crippen LogP contribution in [0.1, 0.15) is 28.8 Å². The van der Waals surface area contributed by atoms with Gasteiger partial charge in [-0.1, -0.05) is 35.9 Å². The Morgan fingerprint density at radius 1 is 0.967 bits per heavy atom. The van der Waals surface area contributed by atoms with Gasteiger partial charge in [-0.05, 0) is 42.7 Å². The maximum absolute atomic E-state index is 12.7. The Morgan fingerprint density at radius 3 is 2.33 bits per heavy atom. The molecule has 0 atom stereocenters. The topological polar surface area (TPSA) is 49.9 Å². The van der Waals surface area contributed by atoms with E-state index in [9.17, 15) is 18.4 Å². The van der Waals surface area contributed by atoms with E-state index in [1.165, 1.54) is 12.1 Å². The molecule has 0 radical (unpaired) electrons. The third-order valence-electron chi connectivity index (χ3n) is 5.02. The number of nitrogens with zero attached hydrogens (tertiary/aromatic N) is 2. The van der Waals surface area contributed by atoms with Gasteiger partial charge in [-0.2, -0.15) is 8.78 Å². The van der Waals surface area contributed by atoms with E-state index >= 15 is 0 Å². The zero-order valence-corrected chi connectivity index (χ0v) is 17.2. The number of amides is 2. The van der Waals surface area contributed by atoms with Gasteiger partial charge < -0.3 is 14.5 Å². The molecule has 1 aliphatic heterocycles. The molecule has 8 heteroatoms. The van der Waals surface area contributed by atoms with Crippen LogP contribution in [0.5, 0.6) is 5.75 Å². The number of halogens is 3. The smallest absolute Gasteiger partial charge is 0.387 e. The summed E-state index contributed by atoms with van der Waals surface area (Å²) in [6.45, 7) is -0.776. The van der Waals surface area contributed by atoms with Gasteiger partial charge in [-0.3, -0.25) is 9.59 Å². The van der Waals surface area contributed by atoms with Crippen LogP contribution in [0.3, 0.4) is 0 Å². The van der Waals surface area contributed by atoms with Gasteiger partial charge in [-0.25, -0.2) is 0 Å². The zero-order chi connectivity index (χ0) is 21.5. The van der Waals surface area contributed by atoms with Crippen molar-refractivity contribution in [2.45, 2.75) is 25.9 Å². The second-order valence-electron chi connectivity index (χ2n) is 7.03. The fourth-order valence-electron chi connectivity index (χ4n) is 3.42. The van der Waals surface area contributed by atoms with Crippen molar-refractivity contribution in [1.82, 2.24) is 9.80 Å². The summed E-state index contributed by atoms with van der Waals surface area (Å²) in [5.41, 5.74) is 1.34. The summed E-state index contributed by atoms with van der Waals surface area (Å²) in [7, 11) is 0. The van der Waals surface area contributed by atoms with Gasteiger partial charge in [0.05, 0.1) is 10.6 Å². The molecule has 2 amide bonds. The second kappa shape index (κ2) is 10.4. The predicted molar refractivity (Wildman–Crippen MR) is 110 cm³/mol. The Balaban J connectivity index is 1.50. The summed E-state index contributed by atoms with van der Waals surface area (Å²) in [5, 5.41) is 0.421.